The average Bonchev–Trinajstić information content (AvgIpc) is 3.01. The minimum atomic E-state index is 0.598. The van der Waals surface area contributed by atoms with Gasteiger partial charge < -0.3 is 20.8 Å². The van der Waals surface area contributed by atoms with Gasteiger partial charge in [0.1, 0.15) is 0 Å². The molecule has 44 heavy (non-hydrogen) atoms. The highest BCUT2D eigenvalue weighted by atomic mass is 16.5. The Kier molecular flexibility index (Phi) is 28.0. The molecule has 0 radical (unpaired) electrons. The number of hydrogen-bond acceptors (Lipinski definition) is 4. The van der Waals surface area contributed by atoms with Crippen LogP contribution >= 0.6 is 0 Å². The Morgan fingerprint density at radius 2 is 0.386 bits per heavy atom. The number of hydroxylamine groups is 4. The fourth-order valence-electron chi connectivity index (χ4n) is 5.78. The van der Waals surface area contributed by atoms with Crippen LogP contribution in [0.15, 0.2) is 0 Å². The largest absolute Gasteiger partial charge is 0.624 e. The Morgan fingerprint density at radius 3 is 0.591 bits per heavy atom. The van der Waals surface area contributed by atoms with Gasteiger partial charge in [-0.3, -0.25) is 0 Å². The first-order valence-corrected chi connectivity index (χ1v) is 18.7. The van der Waals surface area contributed by atoms with Crippen molar-refractivity contribution in [2.24, 2.45) is 0 Å². The Hall–Kier alpha value is -2.12. The molecule has 1 heterocycles. The third-order valence-corrected chi connectivity index (χ3v) is 8.66. The van der Waals surface area contributed by atoms with Crippen LogP contribution in [-0.4, -0.2) is 70.0 Å². The second-order valence-electron chi connectivity index (χ2n) is 12.9. The van der Waals surface area contributed by atoms with Crippen molar-refractivity contribution in [3.05, 3.63) is 20.8 Å². The summed E-state index contributed by atoms with van der Waals surface area (Å²) in [5, 5.41) is 48.1. The molecule has 0 saturated carbocycles. The van der Waals surface area contributed by atoms with E-state index in [9.17, 15) is 20.8 Å². The summed E-state index contributed by atoms with van der Waals surface area (Å²) in [4.78, 5) is 0. The van der Waals surface area contributed by atoms with Crippen molar-refractivity contribution in [3.63, 3.8) is 0 Å². The van der Waals surface area contributed by atoms with Gasteiger partial charge in [0.25, 0.3) is 0 Å². The molecule has 256 valence electrons. The summed E-state index contributed by atoms with van der Waals surface area (Å²) in [6.45, 7) is 2.39. The average molecular weight is 621 g/mol. The maximum Gasteiger partial charge on any atom is 0.153 e. The van der Waals surface area contributed by atoms with E-state index in [1.165, 1.54) is 25.7 Å². The molecule has 0 atom stereocenters. The topological polar surface area (TPSA) is 104 Å². The molecule has 0 aromatic carbocycles. The van der Waals surface area contributed by atoms with E-state index in [2.05, 4.69) is 0 Å². The van der Waals surface area contributed by atoms with Crippen molar-refractivity contribution in [2.45, 2.75) is 180 Å². The van der Waals surface area contributed by atoms with Gasteiger partial charge in [-0.05, 0) is 51.4 Å². The molecule has 1 rings (SSSR count). The van der Waals surface area contributed by atoms with Crippen molar-refractivity contribution >= 4 is 24.9 Å². The van der Waals surface area contributed by atoms with Gasteiger partial charge in [-0.25, -0.2) is 19.0 Å². The van der Waals surface area contributed by atoms with Gasteiger partial charge in [0.15, 0.2) is 51.0 Å². The van der Waals surface area contributed by atoms with Gasteiger partial charge in [-0.2, -0.15) is 0 Å². The normalized spacial score (nSPS) is 22.4. The van der Waals surface area contributed by atoms with Gasteiger partial charge in [0, 0.05) is 51.4 Å². The zero-order valence-corrected chi connectivity index (χ0v) is 28.4. The van der Waals surface area contributed by atoms with Crippen LogP contribution < -0.4 is 0 Å². The molecule has 0 N–H and O–H groups in total. The zero-order chi connectivity index (χ0) is 31.8. The molecule has 0 aromatic rings. The molecule has 8 heteroatoms. The molecular weight excluding hydrogens is 552 g/mol. The van der Waals surface area contributed by atoms with E-state index in [-0.39, 0.29) is 0 Å². The van der Waals surface area contributed by atoms with Gasteiger partial charge in [0.05, 0.1) is 0 Å². The summed E-state index contributed by atoms with van der Waals surface area (Å²) >= 11 is 0. The monoisotopic (exact) mass is 621 g/mol. The lowest BCUT2D eigenvalue weighted by molar-refractivity contribution is -0.454. The minimum Gasteiger partial charge on any atom is -0.624 e. The van der Waals surface area contributed by atoms with E-state index >= 15 is 0 Å². The second kappa shape index (κ2) is 30.9. The number of rotatable bonds is 0. The van der Waals surface area contributed by atoms with E-state index in [1.807, 2.05) is 24.9 Å². The van der Waals surface area contributed by atoms with E-state index in [4.69, 9.17) is 0 Å². The van der Waals surface area contributed by atoms with E-state index in [1.54, 1.807) is 0 Å². The Balaban J connectivity index is 2.28. The van der Waals surface area contributed by atoms with Crippen molar-refractivity contribution in [3.8, 4) is 0 Å². The predicted octanol–water partition coefficient (Wildman–Crippen LogP) is 9.25. The molecule has 0 fully saturated rings. The third-order valence-electron chi connectivity index (χ3n) is 8.66. The Bertz CT molecular complexity index is 654. The summed E-state index contributed by atoms with van der Waals surface area (Å²) in [5.41, 5.74) is 0. The highest BCUT2D eigenvalue weighted by molar-refractivity contribution is 5.51. The van der Waals surface area contributed by atoms with Crippen LogP contribution in [-0.2, 0) is 0 Å². The molecular formula is C36H68N4O4. The summed E-state index contributed by atoms with van der Waals surface area (Å²) in [7, 11) is 0. The van der Waals surface area contributed by atoms with Gasteiger partial charge >= 0.3 is 0 Å². The molecule has 0 amide bonds. The lowest BCUT2D eigenvalue weighted by Gasteiger charge is -2.06. The maximum atomic E-state index is 12.0. The van der Waals surface area contributed by atoms with E-state index in [0.29, 0.717) is 26.2 Å². The van der Waals surface area contributed by atoms with Gasteiger partial charge in [0.2, 0.25) is 0 Å². The van der Waals surface area contributed by atoms with Crippen LogP contribution in [0.5, 0.6) is 0 Å². The van der Waals surface area contributed by atoms with Crippen LogP contribution in [0.2, 0.25) is 0 Å². The van der Waals surface area contributed by atoms with Crippen LogP contribution in [0, 0.1) is 20.8 Å². The maximum absolute atomic E-state index is 12.0. The summed E-state index contributed by atoms with van der Waals surface area (Å²) in [5.74, 6) is 0. The zero-order valence-electron chi connectivity index (χ0n) is 28.4. The SMILES string of the molecule is [O-][N+]1=CCCCCCCCC[N+]([O-])=CCCCCCCCC[N+]([O-])=CCCCCCCCC[N+]([O-])=CCCCCCCCC1. The molecule has 8 nitrogen and oxygen atoms in total. The van der Waals surface area contributed by atoms with Crippen LogP contribution in [0.25, 0.3) is 0 Å². The van der Waals surface area contributed by atoms with Gasteiger partial charge in [-0.1, -0.05) is 77.0 Å². The molecule has 0 unspecified atom stereocenters. The molecule has 0 aromatic heterocycles. The Morgan fingerprint density at radius 1 is 0.227 bits per heavy atom. The van der Waals surface area contributed by atoms with Crippen molar-refractivity contribution < 1.29 is 19.0 Å². The fraction of sp³-hybridized carbons (Fsp3) is 0.889. The van der Waals surface area contributed by atoms with Crippen molar-refractivity contribution in [2.75, 3.05) is 26.2 Å². The van der Waals surface area contributed by atoms with Gasteiger partial charge in [-0.15, -0.1) is 0 Å². The lowest BCUT2D eigenvalue weighted by Crippen LogP contribution is -2.07. The first-order chi connectivity index (χ1) is 21.6. The quantitative estimate of drug-likeness (QED) is 0.199. The van der Waals surface area contributed by atoms with E-state index in [0.717, 1.165) is 173 Å². The molecule has 0 aliphatic carbocycles. The predicted molar refractivity (Wildman–Crippen MR) is 188 cm³/mol. The minimum absolute atomic E-state index is 0.598. The first kappa shape index (κ1) is 39.9. The van der Waals surface area contributed by atoms with Crippen molar-refractivity contribution in [1.82, 2.24) is 0 Å². The molecule has 0 spiro atoms. The molecule has 0 bridgehead atoms. The van der Waals surface area contributed by atoms with Crippen LogP contribution in [0.1, 0.15) is 180 Å². The van der Waals surface area contributed by atoms with Crippen LogP contribution in [0.3, 0.4) is 0 Å². The highest BCUT2D eigenvalue weighted by Crippen LogP contribution is 2.10. The summed E-state index contributed by atoms with van der Waals surface area (Å²) < 4.78 is 4.49. The molecule has 1 aliphatic heterocycles. The van der Waals surface area contributed by atoms with E-state index < -0.39 is 0 Å². The summed E-state index contributed by atoms with van der Waals surface area (Å²) in [6.07, 6.45) is 37.0. The first-order valence-electron chi connectivity index (χ1n) is 18.7. The van der Waals surface area contributed by atoms with Crippen LogP contribution in [0.4, 0.5) is 0 Å². The second-order valence-corrected chi connectivity index (χ2v) is 12.9. The highest BCUT2D eigenvalue weighted by Gasteiger charge is 2.01. The lowest BCUT2D eigenvalue weighted by atomic mass is 10.1. The smallest absolute Gasteiger partial charge is 0.153 e. The number of hydrogen-bond donors (Lipinski definition) is 0. The summed E-state index contributed by atoms with van der Waals surface area (Å²) in [6, 6.07) is 0. The number of nitrogens with zero attached hydrogens (tertiary/aromatic N) is 4. The standard InChI is InChI=1S/C36H68N4O4/c41-37-29-21-13-5-1-6-14-22-30-38(42)32-24-16-8-3-10-18-26-34-40(44)36-28-20-12-4-11-19-27-35-39(43)33-25-17-9-2-7-15-23-31-37/h29,32-33,36H,1-28,30-31,34-35H2. The Labute approximate surface area is 270 Å². The fourth-order valence-corrected chi connectivity index (χ4v) is 5.78. The third kappa shape index (κ3) is 28.6. The molecule has 0 saturated heterocycles. The molecule has 1 aliphatic rings. The van der Waals surface area contributed by atoms with Crippen molar-refractivity contribution in [1.29, 1.82) is 0 Å².